The van der Waals surface area contributed by atoms with Crippen LogP contribution in [0, 0.1) is 6.92 Å². The first-order valence-corrected chi connectivity index (χ1v) is 5.80. The summed E-state index contributed by atoms with van der Waals surface area (Å²) in [6.07, 6.45) is 2.45. The third kappa shape index (κ3) is 1.71. The third-order valence-corrected chi connectivity index (χ3v) is 3.14. The van der Waals surface area contributed by atoms with Crippen LogP contribution in [0.5, 0.6) is 0 Å². The topological polar surface area (TPSA) is 41.6 Å². The van der Waals surface area contributed by atoms with Crippen LogP contribution in [0.3, 0.4) is 0 Å². The van der Waals surface area contributed by atoms with Crippen molar-refractivity contribution in [2.75, 3.05) is 0 Å². The lowest BCUT2D eigenvalue weighted by molar-refractivity contribution is 0.935. The predicted octanol–water partition coefficient (Wildman–Crippen LogP) is 3.31. The summed E-state index contributed by atoms with van der Waals surface area (Å²) in [5, 5.41) is 7.98. The van der Waals surface area contributed by atoms with Crippen LogP contribution in [0.4, 0.5) is 0 Å². The number of hydrogen-bond donors (Lipinski definition) is 1. The lowest BCUT2D eigenvalue weighted by Crippen LogP contribution is -1.86. The van der Waals surface area contributed by atoms with Crippen molar-refractivity contribution in [2.24, 2.45) is 0 Å². The number of halogens is 1. The Morgan fingerprint density at radius 3 is 2.94 bits per heavy atom. The minimum absolute atomic E-state index is 0.598. The van der Waals surface area contributed by atoms with Gasteiger partial charge < -0.3 is 0 Å². The predicted molar refractivity (Wildman–Crippen MR) is 63.5 cm³/mol. The van der Waals surface area contributed by atoms with E-state index in [1.165, 1.54) is 12.8 Å². The van der Waals surface area contributed by atoms with Gasteiger partial charge in [0.1, 0.15) is 5.82 Å². The largest absolute Gasteiger partial charge is 0.262 e. The number of nitrogens with zero attached hydrogens (tertiary/aromatic N) is 2. The van der Waals surface area contributed by atoms with Crippen molar-refractivity contribution in [1.29, 1.82) is 0 Å². The molecule has 0 aliphatic heterocycles. The highest BCUT2D eigenvalue weighted by atomic mass is 35.5. The van der Waals surface area contributed by atoms with Gasteiger partial charge in [0.15, 0.2) is 5.82 Å². The summed E-state index contributed by atoms with van der Waals surface area (Å²) in [6.45, 7) is 2.04. The zero-order valence-corrected chi connectivity index (χ0v) is 9.75. The number of hydrogen-bond acceptors (Lipinski definition) is 2. The van der Waals surface area contributed by atoms with Crippen LogP contribution in [-0.2, 0) is 0 Å². The molecule has 1 N–H and O–H groups in total. The van der Waals surface area contributed by atoms with E-state index in [4.69, 9.17) is 11.6 Å². The Kier molecular flexibility index (Phi) is 2.21. The SMILES string of the molecule is Cc1ccc(Cl)cc1-c1n[nH]c(C2CC2)n1. The summed E-state index contributed by atoms with van der Waals surface area (Å²) < 4.78 is 0. The van der Waals surface area contributed by atoms with Crippen LogP contribution in [-0.4, -0.2) is 15.2 Å². The van der Waals surface area contributed by atoms with Gasteiger partial charge in [0.25, 0.3) is 0 Å². The van der Waals surface area contributed by atoms with Gasteiger partial charge in [0, 0.05) is 16.5 Å². The van der Waals surface area contributed by atoms with Gasteiger partial charge in [-0.15, -0.1) is 0 Å². The lowest BCUT2D eigenvalue weighted by atomic mass is 10.1. The van der Waals surface area contributed by atoms with Crippen LogP contribution >= 0.6 is 11.6 Å². The zero-order chi connectivity index (χ0) is 11.1. The molecule has 0 bridgehead atoms. The minimum Gasteiger partial charge on any atom is -0.262 e. The molecule has 1 aromatic heterocycles. The number of aromatic nitrogens is 3. The molecule has 0 unspecified atom stereocenters. The van der Waals surface area contributed by atoms with E-state index in [1.807, 2.05) is 25.1 Å². The quantitative estimate of drug-likeness (QED) is 0.865. The average Bonchev–Trinajstić information content (AvgIpc) is 3.01. The van der Waals surface area contributed by atoms with Gasteiger partial charge in [-0.2, -0.15) is 5.10 Å². The molecule has 0 radical (unpaired) electrons. The van der Waals surface area contributed by atoms with E-state index >= 15 is 0 Å². The van der Waals surface area contributed by atoms with E-state index in [9.17, 15) is 0 Å². The fourth-order valence-electron chi connectivity index (χ4n) is 1.77. The fourth-order valence-corrected chi connectivity index (χ4v) is 1.94. The van der Waals surface area contributed by atoms with Gasteiger partial charge in [-0.25, -0.2) is 4.98 Å². The second kappa shape index (κ2) is 3.59. The molecule has 16 heavy (non-hydrogen) atoms. The highest BCUT2D eigenvalue weighted by molar-refractivity contribution is 6.30. The van der Waals surface area contributed by atoms with Gasteiger partial charge in [-0.05, 0) is 37.5 Å². The third-order valence-electron chi connectivity index (χ3n) is 2.91. The summed E-state index contributed by atoms with van der Waals surface area (Å²) in [7, 11) is 0. The Balaban J connectivity index is 2.03. The first-order chi connectivity index (χ1) is 7.74. The summed E-state index contributed by atoms with van der Waals surface area (Å²) in [6, 6.07) is 5.79. The zero-order valence-electron chi connectivity index (χ0n) is 9.00. The molecule has 0 amide bonds. The first kappa shape index (κ1) is 9.85. The Bertz CT molecular complexity index is 529. The molecule has 3 nitrogen and oxygen atoms in total. The number of aryl methyl sites for hydroxylation is 1. The molecule has 1 aromatic carbocycles. The fraction of sp³-hybridized carbons (Fsp3) is 0.333. The van der Waals surface area contributed by atoms with Crippen molar-refractivity contribution >= 4 is 11.6 Å². The van der Waals surface area contributed by atoms with Crippen molar-refractivity contribution in [1.82, 2.24) is 15.2 Å². The molecule has 1 saturated carbocycles. The van der Waals surface area contributed by atoms with Crippen LogP contribution in [0.25, 0.3) is 11.4 Å². The summed E-state index contributed by atoms with van der Waals surface area (Å²) in [5.41, 5.74) is 2.15. The Morgan fingerprint density at radius 2 is 2.19 bits per heavy atom. The van der Waals surface area contributed by atoms with Crippen LogP contribution in [0.1, 0.15) is 30.1 Å². The second-order valence-corrected chi connectivity index (χ2v) is 4.71. The Hall–Kier alpha value is -1.35. The van der Waals surface area contributed by atoms with Gasteiger partial charge in [0.05, 0.1) is 0 Å². The molecule has 2 aromatic rings. The molecule has 1 aliphatic carbocycles. The van der Waals surface area contributed by atoms with Gasteiger partial charge in [-0.3, -0.25) is 5.10 Å². The molecule has 4 heteroatoms. The van der Waals surface area contributed by atoms with Crippen molar-refractivity contribution in [3.8, 4) is 11.4 Å². The van der Waals surface area contributed by atoms with Crippen molar-refractivity contribution in [3.63, 3.8) is 0 Å². The van der Waals surface area contributed by atoms with Crippen molar-refractivity contribution in [3.05, 3.63) is 34.6 Å². The number of nitrogens with one attached hydrogen (secondary N) is 1. The van der Waals surface area contributed by atoms with E-state index in [0.29, 0.717) is 5.92 Å². The minimum atomic E-state index is 0.598. The Labute approximate surface area is 98.9 Å². The van der Waals surface area contributed by atoms with Gasteiger partial charge >= 0.3 is 0 Å². The molecular formula is C12H12ClN3. The number of rotatable bonds is 2. The van der Waals surface area contributed by atoms with Crippen LogP contribution in [0.15, 0.2) is 18.2 Å². The van der Waals surface area contributed by atoms with Crippen LogP contribution < -0.4 is 0 Å². The molecule has 0 spiro atoms. The van der Waals surface area contributed by atoms with Gasteiger partial charge in [-0.1, -0.05) is 17.7 Å². The molecular weight excluding hydrogens is 222 g/mol. The summed E-state index contributed by atoms with van der Waals surface area (Å²) in [4.78, 5) is 4.52. The number of H-pyrrole nitrogens is 1. The smallest absolute Gasteiger partial charge is 0.181 e. The lowest BCUT2D eigenvalue weighted by Gasteiger charge is -2.01. The maximum atomic E-state index is 5.98. The van der Waals surface area contributed by atoms with Gasteiger partial charge in [0.2, 0.25) is 0 Å². The first-order valence-electron chi connectivity index (χ1n) is 5.43. The molecule has 1 aliphatic rings. The molecule has 3 rings (SSSR count). The van der Waals surface area contributed by atoms with Crippen LogP contribution in [0.2, 0.25) is 5.02 Å². The van der Waals surface area contributed by atoms with E-state index in [1.54, 1.807) is 0 Å². The number of aromatic amines is 1. The molecule has 1 heterocycles. The van der Waals surface area contributed by atoms with E-state index in [-0.39, 0.29) is 0 Å². The second-order valence-electron chi connectivity index (χ2n) is 4.28. The average molecular weight is 234 g/mol. The van der Waals surface area contributed by atoms with E-state index in [0.717, 1.165) is 27.8 Å². The molecule has 1 fully saturated rings. The molecule has 82 valence electrons. The molecule has 0 atom stereocenters. The highest BCUT2D eigenvalue weighted by Gasteiger charge is 2.27. The maximum Gasteiger partial charge on any atom is 0.181 e. The highest BCUT2D eigenvalue weighted by Crippen LogP contribution is 2.38. The van der Waals surface area contributed by atoms with E-state index in [2.05, 4.69) is 15.2 Å². The summed E-state index contributed by atoms with van der Waals surface area (Å²) >= 11 is 5.98. The normalized spacial score (nSPS) is 15.4. The van der Waals surface area contributed by atoms with E-state index < -0.39 is 0 Å². The molecule has 0 saturated heterocycles. The number of benzene rings is 1. The summed E-state index contributed by atoms with van der Waals surface area (Å²) in [5.74, 6) is 2.36. The maximum absolute atomic E-state index is 5.98. The standard InChI is InChI=1S/C12H12ClN3/c1-7-2-5-9(13)6-10(7)12-14-11(15-16-12)8-3-4-8/h2,5-6,8H,3-4H2,1H3,(H,14,15,16). The van der Waals surface area contributed by atoms with Crippen molar-refractivity contribution < 1.29 is 0 Å². The monoisotopic (exact) mass is 233 g/mol. The van der Waals surface area contributed by atoms with Crippen molar-refractivity contribution in [2.45, 2.75) is 25.7 Å². The Morgan fingerprint density at radius 1 is 1.38 bits per heavy atom.